The van der Waals surface area contributed by atoms with Crippen LogP contribution in [0, 0.1) is 5.92 Å². The van der Waals surface area contributed by atoms with E-state index in [2.05, 4.69) is 5.32 Å². The van der Waals surface area contributed by atoms with Gasteiger partial charge in [-0.2, -0.15) is 0 Å². The molecule has 2 bridgehead atoms. The van der Waals surface area contributed by atoms with Gasteiger partial charge in [0.1, 0.15) is 11.8 Å². The van der Waals surface area contributed by atoms with E-state index in [1.165, 1.54) is 0 Å². The summed E-state index contributed by atoms with van der Waals surface area (Å²) < 4.78 is 5.07. The third-order valence-corrected chi connectivity index (χ3v) is 4.17. The molecule has 20 heavy (non-hydrogen) atoms. The van der Waals surface area contributed by atoms with Gasteiger partial charge >= 0.3 is 0 Å². The topological polar surface area (TPSA) is 58.6 Å². The number of carbonyl (C=O) groups is 2. The van der Waals surface area contributed by atoms with Gasteiger partial charge in [0.25, 0.3) is 0 Å². The normalized spacial score (nSPS) is 28.2. The summed E-state index contributed by atoms with van der Waals surface area (Å²) in [6.07, 6.45) is 1.79. The van der Waals surface area contributed by atoms with Crippen molar-refractivity contribution in [3.8, 4) is 5.75 Å². The molecule has 1 unspecified atom stereocenters. The van der Waals surface area contributed by atoms with Crippen LogP contribution in [0.15, 0.2) is 24.3 Å². The first kappa shape index (κ1) is 13.1. The molecule has 3 saturated heterocycles. The summed E-state index contributed by atoms with van der Waals surface area (Å²) >= 11 is 0. The van der Waals surface area contributed by atoms with Crippen molar-refractivity contribution in [3.63, 3.8) is 0 Å². The van der Waals surface area contributed by atoms with Gasteiger partial charge in [-0.1, -0.05) is 0 Å². The van der Waals surface area contributed by atoms with Crippen molar-refractivity contribution in [2.75, 3.05) is 25.5 Å². The van der Waals surface area contributed by atoms with Crippen molar-refractivity contribution in [3.05, 3.63) is 24.3 Å². The minimum absolute atomic E-state index is 0.0756. The molecule has 1 aromatic carbocycles. The number of Topliss-reactive ketones (excluding diaryl/α,β-unsaturated/α-hetero) is 1. The largest absolute Gasteiger partial charge is 0.497 e. The molecule has 5 heteroatoms. The Balaban J connectivity index is 1.71. The first-order chi connectivity index (χ1) is 9.69. The molecule has 1 amide bonds. The van der Waals surface area contributed by atoms with Crippen molar-refractivity contribution in [2.24, 2.45) is 5.92 Å². The van der Waals surface area contributed by atoms with Gasteiger partial charge in [0, 0.05) is 24.7 Å². The fraction of sp³-hybridized carbons (Fsp3) is 0.467. The molecule has 3 heterocycles. The molecule has 1 N–H and O–H groups in total. The molecule has 3 aliphatic heterocycles. The quantitative estimate of drug-likeness (QED) is 0.844. The van der Waals surface area contributed by atoms with Crippen LogP contribution in [0.5, 0.6) is 5.75 Å². The molecule has 5 nitrogen and oxygen atoms in total. The van der Waals surface area contributed by atoms with Gasteiger partial charge in [0.15, 0.2) is 5.78 Å². The zero-order valence-corrected chi connectivity index (χ0v) is 11.5. The molecule has 3 aliphatic rings. The second-order valence-corrected chi connectivity index (χ2v) is 5.33. The lowest BCUT2D eigenvalue weighted by molar-refractivity contribution is -0.143. The van der Waals surface area contributed by atoms with Gasteiger partial charge in [0.2, 0.25) is 5.91 Å². The Morgan fingerprint density at radius 3 is 2.45 bits per heavy atom. The van der Waals surface area contributed by atoms with Crippen LogP contribution in [-0.2, 0) is 9.59 Å². The third-order valence-electron chi connectivity index (χ3n) is 4.17. The minimum Gasteiger partial charge on any atom is -0.497 e. The van der Waals surface area contributed by atoms with Crippen molar-refractivity contribution in [2.45, 2.75) is 18.9 Å². The van der Waals surface area contributed by atoms with E-state index in [9.17, 15) is 9.59 Å². The number of anilines is 1. The average Bonchev–Trinajstić information content (AvgIpc) is 2.49. The summed E-state index contributed by atoms with van der Waals surface area (Å²) in [5.41, 5.74) is 0.686. The summed E-state index contributed by atoms with van der Waals surface area (Å²) in [6, 6.07) is 6.51. The lowest BCUT2D eigenvalue weighted by atomic mass is 9.81. The van der Waals surface area contributed by atoms with Gasteiger partial charge in [-0.15, -0.1) is 0 Å². The fourth-order valence-electron chi connectivity index (χ4n) is 3.03. The van der Waals surface area contributed by atoms with Crippen molar-refractivity contribution < 1.29 is 14.3 Å². The fourth-order valence-corrected chi connectivity index (χ4v) is 3.03. The molecular formula is C15H18N2O3. The number of amides is 1. The number of ketones is 1. The molecule has 0 saturated carbocycles. The Kier molecular flexibility index (Phi) is 3.44. The zero-order chi connectivity index (χ0) is 14.1. The SMILES string of the molecule is COc1ccc(NC(=O)C2C(=O)C3CCN2CC3)cc1. The van der Waals surface area contributed by atoms with E-state index in [1.54, 1.807) is 31.4 Å². The number of hydrogen-bond donors (Lipinski definition) is 1. The van der Waals surface area contributed by atoms with Crippen LogP contribution in [0.2, 0.25) is 0 Å². The molecule has 1 aromatic rings. The summed E-state index contributed by atoms with van der Waals surface area (Å²) in [6.45, 7) is 1.69. The van der Waals surface area contributed by atoms with E-state index < -0.39 is 6.04 Å². The van der Waals surface area contributed by atoms with Gasteiger partial charge in [-0.25, -0.2) is 0 Å². The number of ether oxygens (including phenoxy) is 1. The van der Waals surface area contributed by atoms with Crippen molar-refractivity contribution in [1.82, 2.24) is 4.90 Å². The number of nitrogens with zero attached hydrogens (tertiary/aromatic N) is 1. The number of carbonyl (C=O) groups excluding carboxylic acids is 2. The molecule has 0 radical (unpaired) electrons. The number of fused-ring (bicyclic) bond motifs is 3. The second kappa shape index (κ2) is 5.25. The second-order valence-electron chi connectivity index (χ2n) is 5.33. The Morgan fingerprint density at radius 2 is 1.90 bits per heavy atom. The van der Waals surface area contributed by atoms with Gasteiger partial charge in [-0.3, -0.25) is 14.5 Å². The van der Waals surface area contributed by atoms with Crippen LogP contribution in [-0.4, -0.2) is 42.8 Å². The highest BCUT2D eigenvalue weighted by Gasteiger charge is 2.44. The summed E-state index contributed by atoms with van der Waals surface area (Å²) in [4.78, 5) is 26.5. The van der Waals surface area contributed by atoms with E-state index in [1.807, 2.05) is 4.90 Å². The summed E-state index contributed by atoms with van der Waals surface area (Å²) in [5.74, 6) is 0.671. The highest BCUT2D eigenvalue weighted by molar-refractivity contribution is 6.12. The molecule has 0 aromatic heterocycles. The zero-order valence-electron chi connectivity index (χ0n) is 11.5. The lowest BCUT2D eigenvalue weighted by Crippen LogP contribution is -2.60. The maximum atomic E-state index is 12.3. The van der Waals surface area contributed by atoms with Crippen LogP contribution in [0.4, 0.5) is 5.69 Å². The maximum absolute atomic E-state index is 12.3. The molecule has 4 rings (SSSR count). The molecule has 3 fully saturated rings. The highest BCUT2D eigenvalue weighted by Crippen LogP contribution is 2.29. The van der Waals surface area contributed by atoms with Crippen LogP contribution in [0.25, 0.3) is 0 Å². The van der Waals surface area contributed by atoms with Crippen molar-refractivity contribution >= 4 is 17.4 Å². The third kappa shape index (κ3) is 2.29. The molecule has 0 spiro atoms. The van der Waals surface area contributed by atoms with Crippen LogP contribution >= 0.6 is 0 Å². The van der Waals surface area contributed by atoms with Crippen molar-refractivity contribution in [1.29, 1.82) is 0 Å². The Morgan fingerprint density at radius 1 is 1.25 bits per heavy atom. The van der Waals surface area contributed by atoms with E-state index in [4.69, 9.17) is 4.74 Å². The summed E-state index contributed by atoms with van der Waals surface area (Å²) in [7, 11) is 1.60. The average molecular weight is 274 g/mol. The number of nitrogens with one attached hydrogen (secondary N) is 1. The van der Waals surface area contributed by atoms with Crippen LogP contribution in [0.3, 0.4) is 0 Å². The number of benzene rings is 1. The van der Waals surface area contributed by atoms with Gasteiger partial charge < -0.3 is 10.1 Å². The standard InChI is InChI=1S/C15H18N2O3/c1-20-12-4-2-11(3-5-12)16-15(19)13-14(18)10-6-8-17(13)9-7-10/h2-5,10,13H,6-9H2,1H3,(H,16,19). The number of hydrogen-bond acceptors (Lipinski definition) is 4. The minimum atomic E-state index is -0.607. The van der Waals surface area contributed by atoms with Crippen LogP contribution in [0.1, 0.15) is 12.8 Å². The first-order valence-corrected chi connectivity index (χ1v) is 6.92. The maximum Gasteiger partial charge on any atom is 0.249 e. The Hall–Kier alpha value is -1.88. The van der Waals surface area contributed by atoms with Gasteiger partial charge in [0.05, 0.1) is 7.11 Å². The van der Waals surface area contributed by atoms with Gasteiger partial charge in [-0.05, 0) is 37.1 Å². The molecule has 0 aliphatic carbocycles. The Bertz CT molecular complexity index is 518. The van der Waals surface area contributed by atoms with E-state index in [-0.39, 0.29) is 17.6 Å². The number of piperidine rings is 3. The van der Waals surface area contributed by atoms with E-state index in [0.717, 1.165) is 31.7 Å². The lowest BCUT2D eigenvalue weighted by Gasteiger charge is -2.42. The monoisotopic (exact) mass is 274 g/mol. The smallest absolute Gasteiger partial charge is 0.249 e. The van der Waals surface area contributed by atoms with E-state index >= 15 is 0 Å². The molecule has 1 atom stereocenters. The number of methoxy groups -OCH3 is 1. The highest BCUT2D eigenvalue weighted by atomic mass is 16.5. The summed E-state index contributed by atoms with van der Waals surface area (Å²) in [5, 5.41) is 2.82. The first-order valence-electron chi connectivity index (χ1n) is 6.92. The molecule has 106 valence electrons. The predicted molar refractivity (Wildman–Crippen MR) is 74.7 cm³/mol. The molecular weight excluding hydrogens is 256 g/mol. The predicted octanol–water partition coefficient (Wildman–Crippen LogP) is 1.30. The number of rotatable bonds is 3. The van der Waals surface area contributed by atoms with Crippen LogP contribution < -0.4 is 10.1 Å². The van der Waals surface area contributed by atoms with E-state index in [0.29, 0.717) is 5.69 Å². The Labute approximate surface area is 117 Å².